The Bertz CT molecular complexity index is 551. The Balaban J connectivity index is 2.52. The van der Waals surface area contributed by atoms with Crippen LogP contribution in [0.1, 0.15) is 18.1 Å². The molecule has 1 nitrogen and oxygen atoms in total. The number of hydrogen-bond donors (Lipinski definition) is 0. The topological polar surface area (TPSA) is 17.1 Å². The summed E-state index contributed by atoms with van der Waals surface area (Å²) in [6.45, 7) is 1.93. The zero-order chi connectivity index (χ0) is 13.5. The van der Waals surface area contributed by atoms with Crippen LogP contribution in [0.25, 0.3) is 5.57 Å². The van der Waals surface area contributed by atoms with Crippen LogP contribution in [0.5, 0.6) is 0 Å². The highest BCUT2D eigenvalue weighted by molar-refractivity contribution is 5.82. The summed E-state index contributed by atoms with van der Waals surface area (Å²) in [4.78, 5) is 10.6. The molecule has 19 heavy (non-hydrogen) atoms. The van der Waals surface area contributed by atoms with E-state index in [0.717, 1.165) is 28.6 Å². The minimum Gasteiger partial charge on any atom is -0.299 e. The molecule has 0 N–H and O–H groups in total. The van der Waals surface area contributed by atoms with Gasteiger partial charge < -0.3 is 0 Å². The van der Waals surface area contributed by atoms with Gasteiger partial charge in [-0.25, -0.2) is 0 Å². The molecule has 0 bridgehead atoms. The van der Waals surface area contributed by atoms with Crippen LogP contribution in [0.2, 0.25) is 0 Å². The van der Waals surface area contributed by atoms with Gasteiger partial charge in [-0.05, 0) is 35.3 Å². The molecule has 0 amide bonds. The maximum absolute atomic E-state index is 10.6. The molecule has 0 unspecified atom stereocenters. The number of rotatable bonds is 4. The third-order valence-corrected chi connectivity index (χ3v) is 2.87. The van der Waals surface area contributed by atoms with Gasteiger partial charge >= 0.3 is 0 Å². The molecular weight excluding hydrogens is 232 g/mol. The lowest BCUT2D eigenvalue weighted by atomic mass is 9.96. The van der Waals surface area contributed by atoms with Crippen LogP contribution in [0.4, 0.5) is 0 Å². The zero-order valence-electron chi connectivity index (χ0n) is 10.9. The molecule has 0 radical (unpaired) electrons. The molecule has 0 heterocycles. The van der Waals surface area contributed by atoms with Crippen molar-refractivity contribution in [2.45, 2.75) is 6.92 Å². The maximum atomic E-state index is 10.6. The first-order valence-electron chi connectivity index (χ1n) is 6.26. The van der Waals surface area contributed by atoms with Crippen molar-refractivity contribution in [3.8, 4) is 0 Å². The van der Waals surface area contributed by atoms with Crippen molar-refractivity contribution >= 4 is 11.9 Å². The van der Waals surface area contributed by atoms with Gasteiger partial charge in [-0.3, -0.25) is 4.79 Å². The summed E-state index contributed by atoms with van der Waals surface area (Å²) in [6.07, 6.45) is 4.43. The molecule has 2 aromatic carbocycles. The first kappa shape index (κ1) is 13.0. The molecule has 0 aromatic heterocycles. The van der Waals surface area contributed by atoms with E-state index in [1.165, 1.54) is 0 Å². The lowest BCUT2D eigenvalue weighted by molar-refractivity contribution is -0.104. The first-order chi connectivity index (χ1) is 9.31. The molecule has 0 saturated heterocycles. The lowest BCUT2D eigenvalue weighted by Gasteiger charge is -2.08. The van der Waals surface area contributed by atoms with Gasteiger partial charge in [-0.2, -0.15) is 0 Å². The third kappa shape index (κ3) is 3.52. The molecule has 1 heteroatoms. The molecule has 0 fully saturated rings. The number of carbonyl (C=O) groups is 1. The van der Waals surface area contributed by atoms with E-state index in [2.05, 4.69) is 24.3 Å². The standard InChI is InChI=1S/C18H16O/c1-15(12-13-19)14-18(16-8-4-2-5-9-16)17-10-6-3-7-11-17/h2-14H,1H3/b15-12+. The molecule has 2 rings (SSSR count). The molecule has 0 aliphatic carbocycles. The van der Waals surface area contributed by atoms with Crippen LogP contribution < -0.4 is 0 Å². The van der Waals surface area contributed by atoms with Crippen molar-refractivity contribution in [2.75, 3.05) is 0 Å². The van der Waals surface area contributed by atoms with Crippen molar-refractivity contribution in [1.82, 2.24) is 0 Å². The van der Waals surface area contributed by atoms with E-state index in [1.807, 2.05) is 49.4 Å². The van der Waals surface area contributed by atoms with Crippen LogP contribution in [-0.2, 0) is 4.79 Å². The van der Waals surface area contributed by atoms with Gasteiger partial charge in [-0.15, -0.1) is 0 Å². The number of benzene rings is 2. The molecule has 0 aliphatic rings. The summed E-state index contributed by atoms with van der Waals surface area (Å²) in [6, 6.07) is 20.4. The Morgan fingerprint density at radius 2 is 1.32 bits per heavy atom. The highest BCUT2D eigenvalue weighted by atomic mass is 16.1. The molecule has 0 spiro atoms. The van der Waals surface area contributed by atoms with Gasteiger partial charge in [0.1, 0.15) is 6.29 Å². The van der Waals surface area contributed by atoms with Gasteiger partial charge in [0.25, 0.3) is 0 Å². The number of allylic oxidation sites excluding steroid dienone is 3. The van der Waals surface area contributed by atoms with Crippen molar-refractivity contribution in [2.24, 2.45) is 0 Å². The van der Waals surface area contributed by atoms with E-state index in [-0.39, 0.29) is 0 Å². The largest absolute Gasteiger partial charge is 0.299 e. The van der Waals surface area contributed by atoms with E-state index in [0.29, 0.717) is 0 Å². The number of aldehydes is 1. The average molecular weight is 248 g/mol. The Kier molecular flexibility index (Phi) is 4.46. The molecule has 94 valence electrons. The van der Waals surface area contributed by atoms with Gasteiger partial charge in [0.15, 0.2) is 0 Å². The summed E-state index contributed by atoms with van der Waals surface area (Å²) in [5.74, 6) is 0. The van der Waals surface area contributed by atoms with Crippen LogP contribution in [0.3, 0.4) is 0 Å². The van der Waals surface area contributed by atoms with Crippen LogP contribution in [0, 0.1) is 0 Å². The maximum Gasteiger partial charge on any atom is 0.143 e. The third-order valence-electron chi connectivity index (χ3n) is 2.87. The van der Waals surface area contributed by atoms with Gasteiger partial charge in [0, 0.05) is 0 Å². The first-order valence-corrected chi connectivity index (χ1v) is 6.26. The molecule has 0 aliphatic heterocycles. The normalized spacial score (nSPS) is 10.9. The minimum absolute atomic E-state index is 0.819. The van der Waals surface area contributed by atoms with E-state index in [1.54, 1.807) is 6.08 Å². The van der Waals surface area contributed by atoms with Crippen molar-refractivity contribution in [1.29, 1.82) is 0 Å². The second-order valence-corrected chi connectivity index (χ2v) is 4.34. The van der Waals surface area contributed by atoms with Crippen molar-refractivity contribution in [3.63, 3.8) is 0 Å². The Hall–Kier alpha value is -2.41. The van der Waals surface area contributed by atoms with Crippen LogP contribution in [0.15, 0.2) is 78.4 Å². The molecule has 0 saturated carbocycles. The second-order valence-electron chi connectivity index (χ2n) is 4.34. The fourth-order valence-corrected chi connectivity index (χ4v) is 1.95. The predicted octanol–water partition coefficient (Wildman–Crippen LogP) is 4.26. The highest BCUT2D eigenvalue weighted by Gasteiger charge is 2.03. The number of carbonyl (C=O) groups excluding carboxylic acids is 1. The van der Waals surface area contributed by atoms with E-state index in [4.69, 9.17) is 0 Å². The van der Waals surface area contributed by atoms with Gasteiger partial charge in [0.2, 0.25) is 0 Å². The fraction of sp³-hybridized carbons (Fsp3) is 0.0556. The summed E-state index contributed by atoms with van der Waals surface area (Å²) in [5.41, 5.74) is 4.36. The van der Waals surface area contributed by atoms with E-state index < -0.39 is 0 Å². The van der Waals surface area contributed by atoms with E-state index in [9.17, 15) is 4.79 Å². The summed E-state index contributed by atoms with van der Waals surface area (Å²) in [5, 5.41) is 0. The van der Waals surface area contributed by atoms with Gasteiger partial charge in [0.05, 0.1) is 0 Å². The lowest BCUT2D eigenvalue weighted by Crippen LogP contribution is -1.88. The summed E-state index contributed by atoms with van der Waals surface area (Å²) in [7, 11) is 0. The fourth-order valence-electron chi connectivity index (χ4n) is 1.95. The van der Waals surface area contributed by atoms with E-state index >= 15 is 0 Å². The quantitative estimate of drug-likeness (QED) is 0.449. The summed E-state index contributed by atoms with van der Waals surface area (Å²) >= 11 is 0. The number of hydrogen-bond acceptors (Lipinski definition) is 1. The Morgan fingerprint density at radius 1 is 0.842 bits per heavy atom. The smallest absolute Gasteiger partial charge is 0.143 e. The molecule has 0 atom stereocenters. The Labute approximate surface area is 113 Å². The van der Waals surface area contributed by atoms with Crippen LogP contribution in [-0.4, -0.2) is 6.29 Å². The SMILES string of the molecule is C/C(C=C(c1ccccc1)c1ccccc1)=C\C=O. The predicted molar refractivity (Wildman–Crippen MR) is 79.8 cm³/mol. The highest BCUT2D eigenvalue weighted by Crippen LogP contribution is 2.24. The second kappa shape index (κ2) is 6.50. The van der Waals surface area contributed by atoms with Gasteiger partial charge in [-0.1, -0.05) is 66.7 Å². The van der Waals surface area contributed by atoms with Crippen LogP contribution >= 0.6 is 0 Å². The van der Waals surface area contributed by atoms with Crippen molar-refractivity contribution < 1.29 is 4.79 Å². The molecule has 2 aromatic rings. The minimum atomic E-state index is 0.819. The monoisotopic (exact) mass is 248 g/mol. The average Bonchev–Trinajstić information content (AvgIpc) is 2.47. The summed E-state index contributed by atoms with van der Waals surface area (Å²) < 4.78 is 0. The van der Waals surface area contributed by atoms with Crippen molar-refractivity contribution in [3.05, 3.63) is 89.5 Å². The molecular formula is C18H16O. The Morgan fingerprint density at radius 3 is 1.74 bits per heavy atom. The zero-order valence-corrected chi connectivity index (χ0v) is 10.9.